The van der Waals surface area contributed by atoms with Crippen molar-refractivity contribution in [2.24, 2.45) is 0 Å². The van der Waals surface area contributed by atoms with E-state index in [0.29, 0.717) is 11.3 Å². The summed E-state index contributed by atoms with van der Waals surface area (Å²) in [5, 5.41) is 8.85. The minimum Gasteiger partial charge on any atom is -0.282 e. The molecular weight excluding hydrogens is 212 g/mol. The van der Waals surface area contributed by atoms with Crippen molar-refractivity contribution in [3.8, 4) is 6.07 Å². The molecule has 0 saturated carbocycles. The molecule has 0 saturated heterocycles. The van der Waals surface area contributed by atoms with Gasteiger partial charge in [-0.25, -0.2) is 8.42 Å². The zero-order valence-corrected chi connectivity index (χ0v) is 9.64. The topological polar surface area (TPSA) is 70.0 Å². The number of hydrogen-bond donors (Lipinski definition) is 1. The fourth-order valence-electron chi connectivity index (χ4n) is 1.19. The number of benzene rings is 1. The Kier molecular flexibility index (Phi) is 3.01. The van der Waals surface area contributed by atoms with Gasteiger partial charge in [-0.3, -0.25) is 4.72 Å². The normalized spacial score (nSPS) is 10.8. The fraction of sp³-hybridized carbons (Fsp3) is 0.300. The summed E-state index contributed by atoms with van der Waals surface area (Å²) in [6.45, 7) is 3.74. The molecule has 0 aromatic heterocycles. The summed E-state index contributed by atoms with van der Waals surface area (Å²) in [4.78, 5) is 0. The Morgan fingerprint density at radius 2 is 1.80 bits per heavy atom. The minimum atomic E-state index is -3.34. The van der Waals surface area contributed by atoms with Crippen LogP contribution in [0.25, 0.3) is 0 Å². The average Bonchev–Trinajstić information content (AvgIpc) is 2.08. The molecule has 0 radical (unpaired) electrons. The third-order valence-corrected chi connectivity index (χ3v) is 2.64. The number of sulfonamides is 1. The van der Waals surface area contributed by atoms with Crippen molar-refractivity contribution in [2.75, 3.05) is 11.0 Å². The summed E-state index contributed by atoms with van der Waals surface area (Å²) in [6.07, 6.45) is 1.06. The standard InChI is InChI=1S/C10H12N2O2S/c1-7-4-9(6-11)10(5-8(7)2)12-15(3,13)14/h4-5,12H,1-3H3. The largest absolute Gasteiger partial charge is 0.282 e. The second-order valence-electron chi connectivity index (χ2n) is 3.47. The molecule has 0 amide bonds. The number of hydrogen-bond acceptors (Lipinski definition) is 3. The Morgan fingerprint density at radius 3 is 2.27 bits per heavy atom. The van der Waals surface area contributed by atoms with E-state index in [-0.39, 0.29) is 0 Å². The van der Waals surface area contributed by atoms with Crippen LogP contribution in [0.15, 0.2) is 12.1 Å². The number of nitrogens with zero attached hydrogens (tertiary/aromatic N) is 1. The summed E-state index contributed by atoms with van der Waals surface area (Å²) in [6, 6.07) is 5.29. The van der Waals surface area contributed by atoms with Crippen molar-refractivity contribution >= 4 is 15.7 Å². The number of rotatable bonds is 2. The van der Waals surface area contributed by atoms with Crippen LogP contribution in [-0.2, 0) is 10.0 Å². The maximum absolute atomic E-state index is 11.0. The molecule has 0 heterocycles. The third-order valence-electron chi connectivity index (χ3n) is 2.05. The highest BCUT2D eigenvalue weighted by atomic mass is 32.2. The van der Waals surface area contributed by atoms with Crippen LogP contribution in [0.5, 0.6) is 0 Å². The van der Waals surface area contributed by atoms with E-state index in [9.17, 15) is 8.42 Å². The van der Waals surface area contributed by atoms with E-state index in [4.69, 9.17) is 5.26 Å². The van der Waals surface area contributed by atoms with Gasteiger partial charge in [0.15, 0.2) is 0 Å². The first kappa shape index (κ1) is 11.5. The van der Waals surface area contributed by atoms with Crippen LogP contribution >= 0.6 is 0 Å². The van der Waals surface area contributed by atoms with E-state index in [1.54, 1.807) is 12.1 Å². The third kappa shape index (κ3) is 2.96. The van der Waals surface area contributed by atoms with Crippen LogP contribution in [0.4, 0.5) is 5.69 Å². The lowest BCUT2D eigenvalue weighted by Gasteiger charge is -2.08. The van der Waals surface area contributed by atoms with Crippen LogP contribution < -0.4 is 4.72 Å². The molecule has 0 atom stereocenters. The zero-order chi connectivity index (χ0) is 11.6. The first-order valence-corrected chi connectivity index (χ1v) is 6.22. The Hall–Kier alpha value is -1.54. The maximum atomic E-state index is 11.0. The lowest BCUT2D eigenvalue weighted by Crippen LogP contribution is -2.11. The van der Waals surface area contributed by atoms with Gasteiger partial charge < -0.3 is 0 Å². The van der Waals surface area contributed by atoms with E-state index in [1.807, 2.05) is 19.9 Å². The van der Waals surface area contributed by atoms with Crippen LogP contribution in [0.2, 0.25) is 0 Å². The highest BCUT2D eigenvalue weighted by Gasteiger charge is 2.08. The van der Waals surface area contributed by atoms with Crippen molar-refractivity contribution in [2.45, 2.75) is 13.8 Å². The first-order valence-electron chi connectivity index (χ1n) is 4.32. The van der Waals surface area contributed by atoms with Gasteiger partial charge in [0.05, 0.1) is 17.5 Å². The van der Waals surface area contributed by atoms with E-state index in [2.05, 4.69) is 4.72 Å². The molecule has 1 rings (SSSR count). The Balaban J connectivity index is 3.30. The molecular formula is C10H12N2O2S. The molecule has 0 aliphatic rings. The van der Waals surface area contributed by atoms with Crippen molar-refractivity contribution in [1.82, 2.24) is 0 Å². The van der Waals surface area contributed by atoms with Gasteiger partial charge in [-0.2, -0.15) is 5.26 Å². The van der Waals surface area contributed by atoms with Crippen molar-refractivity contribution in [1.29, 1.82) is 5.26 Å². The second-order valence-corrected chi connectivity index (χ2v) is 5.22. The van der Waals surface area contributed by atoms with Crippen molar-refractivity contribution < 1.29 is 8.42 Å². The van der Waals surface area contributed by atoms with Gasteiger partial charge in [0, 0.05) is 0 Å². The summed E-state index contributed by atoms with van der Waals surface area (Å²) >= 11 is 0. The van der Waals surface area contributed by atoms with Crippen LogP contribution in [0.1, 0.15) is 16.7 Å². The molecule has 5 heteroatoms. The van der Waals surface area contributed by atoms with Gasteiger partial charge in [-0.1, -0.05) is 0 Å². The number of anilines is 1. The second kappa shape index (κ2) is 3.91. The quantitative estimate of drug-likeness (QED) is 0.828. The number of nitrogens with one attached hydrogen (secondary N) is 1. The van der Waals surface area contributed by atoms with E-state index in [0.717, 1.165) is 17.4 Å². The molecule has 1 N–H and O–H groups in total. The van der Waals surface area contributed by atoms with Gasteiger partial charge in [0.2, 0.25) is 10.0 Å². The summed E-state index contributed by atoms with van der Waals surface area (Å²) in [5.41, 5.74) is 2.58. The minimum absolute atomic E-state index is 0.336. The predicted octanol–water partition coefficient (Wildman–Crippen LogP) is 1.55. The Morgan fingerprint density at radius 1 is 1.27 bits per heavy atom. The van der Waals surface area contributed by atoms with E-state index < -0.39 is 10.0 Å². The summed E-state index contributed by atoms with van der Waals surface area (Å²) in [5.74, 6) is 0. The van der Waals surface area contributed by atoms with Crippen LogP contribution in [0, 0.1) is 25.2 Å². The van der Waals surface area contributed by atoms with Gasteiger partial charge >= 0.3 is 0 Å². The lowest BCUT2D eigenvalue weighted by molar-refractivity contribution is 0.607. The van der Waals surface area contributed by atoms with Gasteiger partial charge in [-0.15, -0.1) is 0 Å². The van der Waals surface area contributed by atoms with Crippen molar-refractivity contribution in [3.05, 3.63) is 28.8 Å². The maximum Gasteiger partial charge on any atom is 0.229 e. The zero-order valence-electron chi connectivity index (χ0n) is 8.83. The first-order chi connectivity index (χ1) is 6.83. The molecule has 0 fully saturated rings. The fourth-order valence-corrected chi connectivity index (χ4v) is 1.76. The summed E-state index contributed by atoms with van der Waals surface area (Å²) < 4.78 is 24.4. The molecule has 0 spiro atoms. The number of nitriles is 1. The number of aryl methyl sites for hydroxylation is 2. The van der Waals surface area contributed by atoms with E-state index >= 15 is 0 Å². The predicted molar refractivity (Wildman–Crippen MR) is 59.1 cm³/mol. The highest BCUT2D eigenvalue weighted by molar-refractivity contribution is 7.92. The van der Waals surface area contributed by atoms with Crippen LogP contribution in [-0.4, -0.2) is 14.7 Å². The molecule has 1 aromatic rings. The van der Waals surface area contributed by atoms with Gasteiger partial charge in [-0.05, 0) is 37.1 Å². The molecule has 0 aliphatic carbocycles. The molecule has 0 unspecified atom stereocenters. The highest BCUT2D eigenvalue weighted by Crippen LogP contribution is 2.20. The van der Waals surface area contributed by atoms with Crippen molar-refractivity contribution in [3.63, 3.8) is 0 Å². The smallest absolute Gasteiger partial charge is 0.229 e. The molecule has 4 nitrogen and oxygen atoms in total. The van der Waals surface area contributed by atoms with Gasteiger partial charge in [0.25, 0.3) is 0 Å². The Labute approximate surface area is 89.6 Å². The average molecular weight is 224 g/mol. The molecule has 15 heavy (non-hydrogen) atoms. The molecule has 80 valence electrons. The molecule has 1 aromatic carbocycles. The lowest BCUT2D eigenvalue weighted by atomic mass is 10.1. The Bertz CT molecular complexity index is 527. The summed E-state index contributed by atoms with van der Waals surface area (Å²) in [7, 11) is -3.34. The van der Waals surface area contributed by atoms with E-state index in [1.165, 1.54) is 0 Å². The van der Waals surface area contributed by atoms with Crippen LogP contribution in [0.3, 0.4) is 0 Å². The monoisotopic (exact) mass is 224 g/mol. The molecule has 0 bridgehead atoms. The SMILES string of the molecule is Cc1cc(C#N)c(NS(C)(=O)=O)cc1C. The van der Waals surface area contributed by atoms with Gasteiger partial charge in [0.1, 0.15) is 6.07 Å². The molecule has 0 aliphatic heterocycles.